The minimum absolute atomic E-state index is 0.244. The van der Waals surface area contributed by atoms with E-state index in [1.165, 1.54) is 5.56 Å². The van der Waals surface area contributed by atoms with E-state index in [0.717, 1.165) is 30.0 Å². The maximum absolute atomic E-state index is 12.3. The molecule has 1 rings (SSSR count). The van der Waals surface area contributed by atoms with E-state index in [0.29, 0.717) is 5.84 Å². The van der Waals surface area contributed by atoms with Crippen LogP contribution in [0.5, 0.6) is 0 Å². The second kappa shape index (κ2) is 7.76. The Balaban J connectivity index is 2.62. The monoisotopic (exact) mass is 253 g/mol. The van der Waals surface area contributed by atoms with Crippen molar-refractivity contribution in [2.75, 3.05) is 7.05 Å². The quantitative estimate of drug-likeness (QED) is 0.444. The number of amidine groups is 1. The van der Waals surface area contributed by atoms with Crippen LogP contribution in [0.15, 0.2) is 23.3 Å². The van der Waals surface area contributed by atoms with Crippen molar-refractivity contribution in [2.45, 2.75) is 39.7 Å². The molecule has 0 saturated heterocycles. The SMILES string of the molecule is CCCCc1ccc(CN(OF)C(C)=NC)nc1. The Morgan fingerprint density at radius 3 is 2.78 bits per heavy atom. The molecule has 4 nitrogen and oxygen atoms in total. The summed E-state index contributed by atoms with van der Waals surface area (Å²) in [6, 6.07) is 3.91. The van der Waals surface area contributed by atoms with Crippen LogP contribution in [0, 0.1) is 0 Å². The predicted octanol–water partition coefficient (Wildman–Crippen LogP) is 3.09. The molecule has 0 aliphatic heterocycles. The first-order valence-corrected chi connectivity index (χ1v) is 6.14. The average Bonchev–Trinajstić information content (AvgIpc) is 2.43. The molecule has 0 atom stereocenters. The van der Waals surface area contributed by atoms with Gasteiger partial charge < -0.3 is 0 Å². The summed E-state index contributed by atoms with van der Waals surface area (Å²) in [6.07, 6.45) is 5.18. The van der Waals surface area contributed by atoms with Crippen LogP contribution < -0.4 is 0 Å². The molecule has 0 bridgehead atoms. The van der Waals surface area contributed by atoms with E-state index in [9.17, 15) is 4.53 Å². The highest BCUT2D eigenvalue weighted by atomic mass is 19.3. The van der Waals surface area contributed by atoms with Crippen LogP contribution in [0.4, 0.5) is 4.53 Å². The summed E-state index contributed by atoms with van der Waals surface area (Å²) in [6.45, 7) is 4.08. The van der Waals surface area contributed by atoms with Crippen molar-refractivity contribution in [3.8, 4) is 0 Å². The molecule has 0 unspecified atom stereocenters. The minimum Gasteiger partial charge on any atom is -0.274 e. The molecule has 0 saturated carbocycles. The fourth-order valence-electron chi connectivity index (χ4n) is 1.52. The van der Waals surface area contributed by atoms with E-state index in [4.69, 9.17) is 0 Å². The van der Waals surface area contributed by atoms with E-state index in [1.807, 2.05) is 18.3 Å². The Morgan fingerprint density at radius 1 is 1.50 bits per heavy atom. The zero-order valence-electron chi connectivity index (χ0n) is 11.2. The number of hydroxylamine groups is 2. The second-order valence-electron chi connectivity index (χ2n) is 4.14. The third-order valence-corrected chi connectivity index (χ3v) is 2.78. The molecule has 1 aromatic rings. The molecule has 0 radical (unpaired) electrons. The topological polar surface area (TPSA) is 37.7 Å². The van der Waals surface area contributed by atoms with E-state index in [-0.39, 0.29) is 6.54 Å². The van der Waals surface area contributed by atoms with Gasteiger partial charge in [0.15, 0.2) is 0 Å². The van der Waals surface area contributed by atoms with Crippen molar-refractivity contribution in [3.05, 3.63) is 29.6 Å². The predicted molar refractivity (Wildman–Crippen MR) is 69.6 cm³/mol. The molecule has 18 heavy (non-hydrogen) atoms. The number of aliphatic imine (C=N–C) groups is 1. The van der Waals surface area contributed by atoms with Gasteiger partial charge in [-0.3, -0.25) is 9.98 Å². The fraction of sp³-hybridized carbons (Fsp3) is 0.538. The summed E-state index contributed by atoms with van der Waals surface area (Å²) in [5.41, 5.74) is 1.95. The normalized spacial score (nSPS) is 11.7. The number of hydrogen-bond acceptors (Lipinski definition) is 3. The van der Waals surface area contributed by atoms with Crippen LogP contribution in [0.1, 0.15) is 37.9 Å². The lowest BCUT2D eigenvalue weighted by Gasteiger charge is -2.16. The van der Waals surface area contributed by atoms with Gasteiger partial charge >= 0.3 is 0 Å². The third kappa shape index (κ3) is 4.41. The third-order valence-electron chi connectivity index (χ3n) is 2.78. The van der Waals surface area contributed by atoms with Crippen LogP contribution in [0.3, 0.4) is 0 Å². The standard InChI is InChI=1S/C13H20FN3O/c1-4-5-6-12-7-8-13(16-9-12)10-17(18-14)11(2)15-3/h7-9H,4-6,10H2,1-3H3. The molecule has 0 fully saturated rings. The molecule has 1 aromatic heterocycles. The number of hydrogen-bond donors (Lipinski definition) is 0. The highest BCUT2D eigenvalue weighted by molar-refractivity contribution is 5.78. The van der Waals surface area contributed by atoms with Crippen molar-refractivity contribution >= 4 is 5.84 Å². The lowest BCUT2D eigenvalue weighted by Crippen LogP contribution is -2.26. The van der Waals surface area contributed by atoms with E-state index < -0.39 is 0 Å². The Bertz CT molecular complexity index is 378. The van der Waals surface area contributed by atoms with Gasteiger partial charge in [0.2, 0.25) is 0 Å². The lowest BCUT2D eigenvalue weighted by molar-refractivity contribution is -0.290. The average molecular weight is 253 g/mol. The van der Waals surface area contributed by atoms with Gasteiger partial charge in [-0.2, -0.15) is 5.06 Å². The molecule has 5 heteroatoms. The second-order valence-corrected chi connectivity index (χ2v) is 4.14. The van der Waals surface area contributed by atoms with Gasteiger partial charge in [-0.25, -0.2) is 0 Å². The number of aromatic nitrogens is 1. The molecule has 0 spiro atoms. The smallest absolute Gasteiger partial charge is 0.124 e. The van der Waals surface area contributed by atoms with Gasteiger partial charge in [-0.15, -0.1) is 0 Å². The summed E-state index contributed by atoms with van der Waals surface area (Å²) in [5.74, 6) is 0.467. The summed E-state index contributed by atoms with van der Waals surface area (Å²) in [5, 5.41) is 4.83. The zero-order valence-corrected chi connectivity index (χ0v) is 11.2. The van der Waals surface area contributed by atoms with E-state index in [1.54, 1.807) is 14.0 Å². The van der Waals surface area contributed by atoms with Crippen LogP contribution in [0.2, 0.25) is 0 Å². The van der Waals surface area contributed by atoms with Gasteiger partial charge in [0.05, 0.1) is 12.2 Å². The Labute approximate surface area is 107 Å². The first-order chi connectivity index (χ1) is 8.71. The molecule has 0 aliphatic rings. The molecule has 0 aliphatic carbocycles. The maximum atomic E-state index is 12.3. The van der Waals surface area contributed by atoms with Gasteiger partial charge in [-0.1, -0.05) is 24.5 Å². The highest BCUT2D eigenvalue weighted by Gasteiger charge is 2.09. The summed E-state index contributed by atoms with van der Waals surface area (Å²) in [4.78, 5) is 8.16. The molecule has 0 aromatic carbocycles. The minimum atomic E-state index is 0.244. The molecule has 0 N–H and O–H groups in total. The zero-order chi connectivity index (χ0) is 13.4. The molecule has 1 heterocycles. The van der Waals surface area contributed by atoms with Gasteiger partial charge in [-0.05, 0) is 35.9 Å². The maximum Gasteiger partial charge on any atom is 0.124 e. The van der Waals surface area contributed by atoms with Crippen LogP contribution in [-0.4, -0.2) is 22.9 Å². The van der Waals surface area contributed by atoms with Gasteiger partial charge in [0.25, 0.3) is 0 Å². The van der Waals surface area contributed by atoms with Gasteiger partial charge in [0, 0.05) is 13.2 Å². The Morgan fingerprint density at radius 2 is 2.28 bits per heavy atom. The van der Waals surface area contributed by atoms with Crippen molar-refractivity contribution < 1.29 is 9.57 Å². The fourth-order valence-corrected chi connectivity index (χ4v) is 1.52. The van der Waals surface area contributed by atoms with Crippen LogP contribution >= 0.6 is 0 Å². The van der Waals surface area contributed by atoms with Crippen molar-refractivity contribution in [3.63, 3.8) is 0 Å². The first-order valence-electron chi connectivity index (χ1n) is 6.14. The first kappa shape index (κ1) is 14.6. The number of halogens is 1. The summed E-state index contributed by atoms with van der Waals surface area (Å²) >= 11 is 0. The number of aryl methyl sites for hydroxylation is 1. The number of unbranched alkanes of at least 4 members (excludes halogenated alkanes) is 1. The van der Waals surface area contributed by atoms with Crippen molar-refractivity contribution in [2.24, 2.45) is 4.99 Å². The lowest BCUT2D eigenvalue weighted by atomic mass is 10.1. The number of nitrogens with zero attached hydrogens (tertiary/aromatic N) is 3. The van der Waals surface area contributed by atoms with Crippen molar-refractivity contribution in [1.29, 1.82) is 0 Å². The Hall–Kier alpha value is -1.49. The van der Waals surface area contributed by atoms with Crippen LogP contribution in [-0.2, 0) is 18.0 Å². The summed E-state index contributed by atoms with van der Waals surface area (Å²) < 4.78 is 12.3. The molecular weight excluding hydrogens is 233 g/mol. The van der Waals surface area contributed by atoms with E-state index in [2.05, 4.69) is 21.9 Å². The highest BCUT2D eigenvalue weighted by Crippen LogP contribution is 2.08. The Kier molecular flexibility index (Phi) is 6.28. The van der Waals surface area contributed by atoms with Crippen molar-refractivity contribution in [1.82, 2.24) is 10.0 Å². The number of rotatable bonds is 6. The number of pyridine rings is 1. The van der Waals surface area contributed by atoms with E-state index >= 15 is 0 Å². The summed E-state index contributed by atoms with van der Waals surface area (Å²) in [7, 11) is 1.59. The van der Waals surface area contributed by atoms with Crippen LogP contribution in [0.25, 0.3) is 0 Å². The largest absolute Gasteiger partial charge is 0.274 e. The molecular formula is C13H20FN3O. The molecule has 100 valence electrons. The van der Waals surface area contributed by atoms with Gasteiger partial charge in [0.1, 0.15) is 5.84 Å². The molecule has 0 amide bonds.